The fraction of sp³-hybridized carbons (Fsp3) is 0.625. The summed E-state index contributed by atoms with van der Waals surface area (Å²) in [5.41, 5.74) is 1.45. The summed E-state index contributed by atoms with van der Waals surface area (Å²) in [7, 11) is 0. The third kappa shape index (κ3) is 5.88. The standard InChI is InChI=1S/C16H26O/c1-4-15(3)17-13-9-8-10-14(2)16-11-6-5-7-12-16/h5-7,11-12,14-15H,4,8-10,13H2,1-3H3. The average Bonchev–Trinajstić information content (AvgIpc) is 2.38. The van der Waals surface area contributed by atoms with Crippen molar-refractivity contribution in [2.75, 3.05) is 6.61 Å². The van der Waals surface area contributed by atoms with Crippen LogP contribution in [0.2, 0.25) is 0 Å². The van der Waals surface area contributed by atoms with E-state index in [4.69, 9.17) is 4.74 Å². The molecular formula is C16H26O. The van der Waals surface area contributed by atoms with Gasteiger partial charge in [0.2, 0.25) is 0 Å². The zero-order valence-corrected chi connectivity index (χ0v) is 11.5. The molecule has 0 aliphatic rings. The molecule has 0 heterocycles. The molecule has 0 bridgehead atoms. The Hall–Kier alpha value is -0.820. The van der Waals surface area contributed by atoms with Gasteiger partial charge < -0.3 is 4.74 Å². The summed E-state index contributed by atoms with van der Waals surface area (Å²) in [5.74, 6) is 0.666. The molecule has 0 saturated heterocycles. The lowest BCUT2D eigenvalue weighted by Gasteiger charge is -2.13. The van der Waals surface area contributed by atoms with Crippen LogP contribution in [0.1, 0.15) is 57.9 Å². The van der Waals surface area contributed by atoms with Gasteiger partial charge in [-0.15, -0.1) is 0 Å². The topological polar surface area (TPSA) is 9.23 Å². The van der Waals surface area contributed by atoms with Crippen LogP contribution in [0, 0.1) is 0 Å². The first-order valence-corrected chi connectivity index (χ1v) is 6.90. The fourth-order valence-corrected chi connectivity index (χ4v) is 1.90. The molecule has 0 spiro atoms. The van der Waals surface area contributed by atoms with Gasteiger partial charge in [-0.2, -0.15) is 0 Å². The number of rotatable bonds is 8. The van der Waals surface area contributed by atoms with Gasteiger partial charge in [0.1, 0.15) is 0 Å². The third-order valence-corrected chi connectivity index (χ3v) is 3.38. The molecule has 2 unspecified atom stereocenters. The lowest BCUT2D eigenvalue weighted by atomic mass is 9.96. The number of hydrogen-bond acceptors (Lipinski definition) is 1. The number of hydrogen-bond donors (Lipinski definition) is 0. The lowest BCUT2D eigenvalue weighted by molar-refractivity contribution is 0.0607. The predicted octanol–water partition coefficient (Wildman–Crippen LogP) is 4.78. The maximum atomic E-state index is 5.68. The first-order valence-electron chi connectivity index (χ1n) is 6.90. The van der Waals surface area contributed by atoms with Gasteiger partial charge in [0.15, 0.2) is 0 Å². The average molecular weight is 234 g/mol. The van der Waals surface area contributed by atoms with E-state index in [0.29, 0.717) is 12.0 Å². The Morgan fingerprint density at radius 3 is 2.41 bits per heavy atom. The van der Waals surface area contributed by atoms with Crippen molar-refractivity contribution in [3.05, 3.63) is 35.9 Å². The van der Waals surface area contributed by atoms with Gasteiger partial charge >= 0.3 is 0 Å². The Labute approximate surface area is 106 Å². The van der Waals surface area contributed by atoms with Crippen LogP contribution in [0.3, 0.4) is 0 Å². The monoisotopic (exact) mass is 234 g/mol. The van der Waals surface area contributed by atoms with E-state index in [2.05, 4.69) is 51.1 Å². The summed E-state index contributed by atoms with van der Waals surface area (Å²) in [6.45, 7) is 7.54. The van der Waals surface area contributed by atoms with E-state index in [0.717, 1.165) is 13.0 Å². The van der Waals surface area contributed by atoms with Gasteiger partial charge in [0.25, 0.3) is 0 Å². The van der Waals surface area contributed by atoms with Gasteiger partial charge in [-0.05, 0) is 37.7 Å². The molecule has 1 heteroatoms. The van der Waals surface area contributed by atoms with E-state index >= 15 is 0 Å². The predicted molar refractivity (Wildman–Crippen MR) is 74.4 cm³/mol. The van der Waals surface area contributed by atoms with Gasteiger partial charge in [0.05, 0.1) is 6.10 Å². The Kier molecular flexibility index (Phi) is 6.95. The highest BCUT2D eigenvalue weighted by molar-refractivity contribution is 5.18. The maximum Gasteiger partial charge on any atom is 0.0544 e. The van der Waals surface area contributed by atoms with Crippen LogP contribution >= 0.6 is 0 Å². The molecule has 17 heavy (non-hydrogen) atoms. The second-order valence-corrected chi connectivity index (χ2v) is 4.90. The molecule has 0 fully saturated rings. The molecule has 1 rings (SSSR count). The second kappa shape index (κ2) is 8.30. The van der Waals surface area contributed by atoms with Gasteiger partial charge in [0, 0.05) is 6.61 Å². The van der Waals surface area contributed by atoms with Crippen LogP contribution in [0.15, 0.2) is 30.3 Å². The molecule has 0 radical (unpaired) electrons. The Balaban J connectivity index is 2.11. The maximum absolute atomic E-state index is 5.68. The van der Waals surface area contributed by atoms with Crippen molar-refractivity contribution >= 4 is 0 Å². The van der Waals surface area contributed by atoms with E-state index in [9.17, 15) is 0 Å². The van der Waals surface area contributed by atoms with Gasteiger partial charge in [-0.25, -0.2) is 0 Å². The van der Waals surface area contributed by atoms with Crippen molar-refractivity contribution in [3.8, 4) is 0 Å². The summed E-state index contributed by atoms with van der Waals surface area (Å²) in [6.07, 6.45) is 5.23. The van der Waals surface area contributed by atoms with Crippen molar-refractivity contribution in [2.24, 2.45) is 0 Å². The highest BCUT2D eigenvalue weighted by atomic mass is 16.5. The Morgan fingerprint density at radius 1 is 1.06 bits per heavy atom. The zero-order chi connectivity index (χ0) is 12.5. The van der Waals surface area contributed by atoms with Crippen LogP contribution < -0.4 is 0 Å². The lowest BCUT2D eigenvalue weighted by Crippen LogP contribution is -2.07. The van der Waals surface area contributed by atoms with E-state index in [1.165, 1.54) is 24.8 Å². The van der Waals surface area contributed by atoms with Crippen LogP contribution in [0.4, 0.5) is 0 Å². The highest BCUT2D eigenvalue weighted by Gasteiger charge is 2.04. The van der Waals surface area contributed by atoms with Crippen LogP contribution in [-0.2, 0) is 4.74 Å². The molecule has 0 N–H and O–H groups in total. The van der Waals surface area contributed by atoms with Crippen LogP contribution in [0.5, 0.6) is 0 Å². The Morgan fingerprint density at radius 2 is 1.76 bits per heavy atom. The third-order valence-electron chi connectivity index (χ3n) is 3.38. The van der Waals surface area contributed by atoms with E-state index in [-0.39, 0.29) is 0 Å². The summed E-state index contributed by atoms with van der Waals surface area (Å²) in [5, 5.41) is 0. The molecule has 0 saturated carbocycles. The van der Waals surface area contributed by atoms with Crippen LogP contribution in [0.25, 0.3) is 0 Å². The smallest absolute Gasteiger partial charge is 0.0544 e. The van der Waals surface area contributed by atoms with E-state index in [1.54, 1.807) is 0 Å². The minimum absolute atomic E-state index is 0.418. The number of unbranched alkanes of at least 4 members (excludes halogenated alkanes) is 1. The minimum atomic E-state index is 0.418. The van der Waals surface area contributed by atoms with E-state index < -0.39 is 0 Å². The fourth-order valence-electron chi connectivity index (χ4n) is 1.90. The highest BCUT2D eigenvalue weighted by Crippen LogP contribution is 2.20. The Bertz CT molecular complexity index is 281. The summed E-state index contributed by atoms with van der Waals surface area (Å²) < 4.78 is 5.68. The minimum Gasteiger partial charge on any atom is -0.379 e. The molecule has 1 aromatic carbocycles. The van der Waals surface area contributed by atoms with Crippen LogP contribution in [-0.4, -0.2) is 12.7 Å². The normalized spacial score (nSPS) is 14.5. The molecule has 0 amide bonds. The summed E-state index contributed by atoms with van der Waals surface area (Å²) in [4.78, 5) is 0. The first-order chi connectivity index (χ1) is 8.24. The zero-order valence-electron chi connectivity index (χ0n) is 11.5. The van der Waals surface area contributed by atoms with Gasteiger partial charge in [-0.3, -0.25) is 0 Å². The summed E-state index contributed by atoms with van der Waals surface area (Å²) >= 11 is 0. The number of ether oxygens (including phenoxy) is 1. The van der Waals surface area contributed by atoms with Gasteiger partial charge in [-0.1, -0.05) is 50.6 Å². The molecule has 2 atom stereocenters. The molecule has 0 aliphatic heterocycles. The molecule has 0 aromatic heterocycles. The molecule has 96 valence electrons. The SMILES string of the molecule is CCC(C)OCCCCC(C)c1ccccc1. The second-order valence-electron chi connectivity index (χ2n) is 4.90. The largest absolute Gasteiger partial charge is 0.379 e. The quantitative estimate of drug-likeness (QED) is 0.588. The first kappa shape index (κ1) is 14.2. The van der Waals surface area contributed by atoms with Crippen molar-refractivity contribution in [1.82, 2.24) is 0 Å². The van der Waals surface area contributed by atoms with E-state index in [1.807, 2.05) is 0 Å². The van der Waals surface area contributed by atoms with Crippen molar-refractivity contribution in [3.63, 3.8) is 0 Å². The molecular weight excluding hydrogens is 208 g/mol. The molecule has 0 aliphatic carbocycles. The molecule has 1 aromatic rings. The molecule has 1 nitrogen and oxygen atoms in total. The van der Waals surface area contributed by atoms with Crippen molar-refractivity contribution < 1.29 is 4.74 Å². The van der Waals surface area contributed by atoms with Crippen molar-refractivity contribution in [2.45, 2.75) is 58.5 Å². The van der Waals surface area contributed by atoms with Crippen molar-refractivity contribution in [1.29, 1.82) is 0 Å². The summed E-state index contributed by atoms with van der Waals surface area (Å²) in [6, 6.07) is 10.8. The number of benzene rings is 1.